The van der Waals surface area contributed by atoms with Crippen LogP contribution in [-0.4, -0.2) is 24.0 Å². The van der Waals surface area contributed by atoms with Crippen LogP contribution in [0, 0.1) is 17.2 Å². The van der Waals surface area contributed by atoms with Gasteiger partial charge in [-0.05, 0) is 74.6 Å². The van der Waals surface area contributed by atoms with E-state index in [1.54, 1.807) is 13.0 Å². The van der Waals surface area contributed by atoms with Gasteiger partial charge in [-0.15, -0.1) is 0 Å². The highest BCUT2D eigenvalue weighted by molar-refractivity contribution is 5.91. The van der Waals surface area contributed by atoms with E-state index < -0.39 is 17.4 Å². The topological polar surface area (TPSA) is 79.2 Å². The largest absolute Gasteiger partial charge is 0.452 e. The number of ether oxygens (including phenoxy) is 1. The van der Waals surface area contributed by atoms with E-state index in [2.05, 4.69) is 11.4 Å². The zero-order valence-corrected chi connectivity index (χ0v) is 13.9. The molecule has 0 aromatic heterocycles. The van der Waals surface area contributed by atoms with Crippen LogP contribution in [0.15, 0.2) is 18.2 Å². The number of benzene rings is 1. The van der Waals surface area contributed by atoms with Crippen molar-refractivity contribution in [2.24, 2.45) is 5.92 Å². The van der Waals surface area contributed by atoms with E-state index in [4.69, 9.17) is 4.74 Å². The minimum Gasteiger partial charge on any atom is -0.452 e. The molecule has 2 aliphatic carbocycles. The molecule has 3 rings (SSSR count). The fourth-order valence-corrected chi connectivity index (χ4v) is 3.28. The molecule has 5 heteroatoms. The van der Waals surface area contributed by atoms with Crippen molar-refractivity contribution in [3.05, 3.63) is 34.9 Å². The van der Waals surface area contributed by atoms with Gasteiger partial charge in [0.1, 0.15) is 5.54 Å². The number of carbonyl (C=O) groups excluding carboxylic acids is 2. The van der Waals surface area contributed by atoms with Crippen molar-refractivity contribution in [1.82, 2.24) is 5.32 Å². The van der Waals surface area contributed by atoms with Crippen LogP contribution in [0.4, 0.5) is 0 Å². The fraction of sp³-hybridized carbons (Fsp3) is 0.526. The van der Waals surface area contributed by atoms with Gasteiger partial charge in [-0.1, -0.05) is 6.07 Å². The second-order valence-corrected chi connectivity index (χ2v) is 6.90. The highest BCUT2D eigenvalue weighted by atomic mass is 16.5. The van der Waals surface area contributed by atoms with Crippen LogP contribution in [-0.2, 0) is 22.4 Å². The first-order chi connectivity index (χ1) is 11.5. The number of nitrogens with zero attached hydrogens (tertiary/aromatic N) is 1. The summed E-state index contributed by atoms with van der Waals surface area (Å²) in [5.74, 6) is -0.733. The van der Waals surface area contributed by atoms with Gasteiger partial charge in [-0.3, -0.25) is 4.79 Å². The summed E-state index contributed by atoms with van der Waals surface area (Å²) in [5.41, 5.74) is 2.11. The fourth-order valence-electron chi connectivity index (χ4n) is 3.28. The predicted molar refractivity (Wildman–Crippen MR) is 88.3 cm³/mol. The highest BCUT2D eigenvalue weighted by Gasteiger charge is 2.43. The molecule has 0 unspecified atom stereocenters. The van der Waals surface area contributed by atoms with Crippen molar-refractivity contribution in [2.75, 3.05) is 6.61 Å². The number of rotatable bonds is 5. The number of aryl methyl sites for hydroxylation is 2. The summed E-state index contributed by atoms with van der Waals surface area (Å²) in [5, 5.41) is 11.9. The maximum absolute atomic E-state index is 12.1. The Bertz CT molecular complexity index is 703. The molecule has 24 heavy (non-hydrogen) atoms. The zero-order valence-electron chi connectivity index (χ0n) is 13.9. The molecule has 126 valence electrons. The minimum absolute atomic E-state index is 0.197. The quantitative estimate of drug-likeness (QED) is 0.843. The van der Waals surface area contributed by atoms with Crippen LogP contribution < -0.4 is 5.32 Å². The van der Waals surface area contributed by atoms with Crippen LogP contribution in [0.2, 0.25) is 0 Å². The van der Waals surface area contributed by atoms with E-state index in [1.165, 1.54) is 17.5 Å². The van der Waals surface area contributed by atoms with Crippen molar-refractivity contribution in [1.29, 1.82) is 5.26 Å². The van der Waals surface area contributed by atoms with E-state index in [1.807, 2.05) is 12.1 Å². The van der Waals surface area contributed by atoms with Gasteiger partial charge in [-0.2, -0.15) is 5.26 Å². The van der Waals surface area contributed by atoms with Gasteiger partial charge in [-0.25, -0.2) is 4.79 Å². The monoisotopic (exact) mass is 326 g/mol. The Balaban J connectivity index is 1.55. The summed E-state index contributed by atoms with van der Waals surface area (Å²) < 4.78 is 5.11. The molecular formula is C19H22N2O3. The molecule has 1 saturated carbocycles. The van der Waals surface area contributed by atoms with Crippen molar-refractivity contribution < 1.29 is 14.3 Å². The first-order valence-corrected chi connectivity index (χ1v) is 8.53. The predicted octanol–water partition coefficient (Wildman–Crippen LogP) is 2.53. The van der Waals surface area contributed by atoms with E-state index in [0.29, 0.717) is 5.56 Å². The van der Waals surface area contributed by atoms with Crippen molar-refractivity contribution in [3.8, 4) is 6.07 Å². The normalized spacial score (nSPS) is 18.7. The average molecular weight is 326 g/mol. The van der Waals surface area contributed by atoms with Gasteiger partial charge in [0.15, 0.2) is 6.61 Å². The maximum atomic E-state index is 12.1. The maximum Gasteiger partial charge on any atom is 0.338 e. The van der Waals surface area contributed by atoms with Crippen molar-refractivity contribution in [2.45, 2.75) is 51.0 Å². The lowest BCUT2D eigenvalue weighted by Crippen LogP contribution is -2.48. The van der Waals surface area contributed by atoms with Crippen LogP contribution in [0.5, 0.6) is 0 Å². The molecular weight excluding hydrogens is 304 g/mol. The Morgan fingerprint density at radius 3 is 2.67 bits per heavy atom. The molecule has 5 nitrogen and oxygen atoms in total. The summed E-state index contributed by atoms with van der Waals surface area (Å²) in [6, 6.07) is 7.76. The van der Waals surface area contributed by atoms with E-state index >= 15 is 0 Å². The Kier molecular flexibility index (Phi) is 4.57. The number of fused-ring (bicyclic) bond motifs is 1. The van der Waals surface area contributed by atoms with E-state index in [9.17, 15) is 14.9 Å². The van der Waals surface area contributed by atoms with Gasteiger partial charge < -0.3 is 10.1 Å². The molecule has 0 aliphatic heterocycles. The minimum atomic E-state index is -0.866. The molecule has 0 heterocycles. The number of nitrogens with one attached hydrogen (secondary N) is 1. The summed E-state index contributed by atoms with van der Waals surface area (Å²) in [4.78, 5) is 24.1. The van der Waals surface area contributed by atoms with Crippen LogP contribution >= 0.6 is 0 Å². The van der Waals surface area contributed by atoms with Crippen LogP contribution in [0.3, 0.4) is 0 Å². The molecule has 1 aromatic carbocycles. The van der Waals surface area contributed by atoms with Gasteiger partial charge in [0, 0.05) is 0 Å². The second-order valence-electron chi connectivity index (χ2n) is 6.90. The third kappa shape index (κ3) is 3.59. The molecule has 0 saturated heterocycles. The SMILES string of the molecule is C[C@@](C#N)(NC(=O)COC(=O)c1ccc2c(c1)CCCC2)C1CC1. The number of hydrogen-bond donors (Lipinski definition) is 1. The molecule has 1 aromatic rings. The average Bonchev–Trinajstić information content (AvgIpc) is 3.44. The van der Waals surface area contributed by atoms with Gasteiger partial charge in [0.2, 0.25) is 0 Å². The first kappa shape index (κ1) is 16.5. The first-order valence-electron chi connectivity index (χ1n) is 8.53. The number of nitriles is 1. The van der Waals surface area contributed by atoms with Crippen LogP contribution in [0.25, 0.3) is 0 Å². The van der Waals surface area contributed by atoms with Gasteiger partial charge in [0.05, 0.1) is 11.6 Å². The van der Waals surface area contributed by atoms with Crippen molar-refractivity contribution in [3.63, 3.8) is 0 Å². The highest BCUT2D eigenvalue weighted by Crippen LogP contribution is 2.39. The Hall–Kier alpha value is -2.35. The molecule has 1 fully saturated rings. The summed E-state index contributed by atoms with van der Waals surface area (Å²) in [7, 11) is 0. The number of carbonyl (C=O) groups is 2. The lowest BCUT2D eigenvalue weighted by molar-refractivity contribution is -0.125. The lowest BCUT2D eigenvalue weighted by atomic mass is 9.90. The molecule has 0 radical (unpaired) electrons. The molecule has 0 bridgehead atoms. The Morgan fingerprint density at radius 1 is 1.29 bits per heavy atom. The molecule has 1 atom stereocenters. The number of amides is 1. The number of hydrogen-bond acceptors (Lipinski definition) is 4. The smallest absolute Gasteiger partial charge is 0.338 e. The molecule has 2 aliphatic rings. The van der Waals surface area contributed by atoms with Crippen LogP contribution in [0.1, 0.15) is 54.1 Å². The van der Waals surface area contributed by atoms with Gasteiger partial charge >= 0.3 is 5.97 Å². The van der Waals surface area contributed by atoms with E-state index in [0.717, 1.165) is 32.1 Å². The summed E-state index contributed by atoms with van der Waals surface area (Å²) in [6.07, 6.45) is 6.26. The molecule has 1 N–H and O–H groups in total. The summed E-state index contributed by atoms with van der Waals surface area (Å²) in [6.45, 7) is 1.35. The number of esters is 1. The lowest BCUT2D eigenvalue weighted by Gasteiger charge is -2.22. The standard InChI is InChI=1S/C19H22N2O3/c1-19(12-20,16-8-9-16)21-17(22)11-24-18(23)15-7-6-13-4-2-3-5-14(13)10-15/h6-7,10,16H,2-5,8-9,11H2,1H3,(H,21,22)/t19-/m0/s1. The third-order valence-electron chi connectivity index (χ3n) is 4.94. The summed E-state index contributed by atoms with van der Waals surface area (Å²) >= 11 is 0. The molecule has 1 amide bonds. The molecule has 0 spiro atoms. The zero-order chi connectivity index (χ0) is 17.2. The Morgan fingerprint density at radius 2 is 2.00 bits per heavy atom. The van der Waals surface area contributed by atoms with Crippen molar-refractivity contribution >= 4 is 11.9 Å². The van der Waals surface area contributed by atoms with Gasteiger partial charge in [0.25, 0.3) is 5.91 Å². The third-order valence-corrected chi connectivity index (χ3v) is 4.94. The Labute approximate surface area is 142 Å². The van der Waals surface area contributed by atoms with E-state index in [-0.39, 0.29) is 12.5 Å². The second kappa shape index (κ2) is 6.64.